The average molecular weight is 1130 g/mol. The van der Waals surface area contributed by atoms with Crippen molar-refractivity contribution in [3.05, 3.63) is 93.7 Å². The van der Waals surface area contributed by atoms with Gasteiger partial charge in [0.2, 0.25) is 11.6 Å². The van der Waals surface area contributed by atoms with Crippen LogP contribution in [0.25, 0.3) is 0 Å². The number of phosphoric ester groups is 1. The predicted octanol–water partition coefficient (Wildman–Crippen LogP) is 3.67. The minimum Gasteiger partial charge on any atom is -0.390 e. The van der Waals surface area contributed by atoms with Crippen LogP contribution in [-0.4, -0.2) is 115 Å². The molecule has 0 bridgehead atoms. The number of aliphatic hydroxyl groups is 1. The zero-order chi connectivity index (χ0) is 55.0. The molecule has 0 saturated carbocycles. The van der Waals surface area contributed by atoms with E-state index in [1.165, 1.54) is 30.5 Å². The highest BCUT2D eigenvalue weighted by Crippen LogP contribution is 2.66. The fourth-order valence-electron chi connectivity index (χ4n) is 8.84. The third-order valence-corrected chi connectivity index (χ3v) is 17.8. The van der Waals surface area contributed by atoms with Gasteiger partial charge in [-0.25, -0.2) is 18.5 Å². The maximum atomic E-state index is 12.8. The Balaban J connectivity index is 1.07. The SMILES string of the molecule is CCN1/C(=C/C=C/C2=[N+](CCCCCC(=O)NCC#Cc3cn([C@H]4C[C@H](O)[C@@H](COP(=O)(O)OP(=O)(O)OP(=O)(O)O)O4)c(=O)nc3N)c3ccc(S(=O)(=O)O)cc3C2(C)C)C(C)(C)c2cc(S(=O)(=O)O)ccc21. The lowest BCUT2D eigenvalue weighted by Gasteiger charge is -2.25. The number of likely N-dealkylation sites (N-methyl/N-ethyl adjacent to an activating group) is 1. The molecule has 10 N–H and O–H groups in total. The van der Waals surface area contributed by atoms with Gasteiger partial charge < -0.3 is 45.4 Å². The fourth-order valence-corrected chi connectivity index (χ4v) is 12.9. The number of ether oxygens (including phenoxy) is 1. The molecule has 1 amide bonds. The van der Waals surface area contributed by atoms with Crippen molar-refractivity contribution in [1.29, 1.82) is 0 Å². The van der Waals surface area contributed by atoms with Gasteiger partial charge >= 0.3 is 29.2 Å². The second-order valence-corrected chi connectivity index (χ2v) is 25.5. The molecule has 0 radical (unpaired) electrons. The number of nitrogens with two attached hydrogens (primary N) is 1. The number of aromatic nitrogens is 2. The highest BCUT2D eigenvalue weighted by Gasteiger charge is 2.46. The number of aliphatic hydroxyl groups excluding tert-OH is 1. The lowest BCUT2D eigenvalue weighted by atomic mass is 9.81. The van der Waals surface area contributed by atoms with Gasteiger partial charge in [-0.05, 0) is 75.6 Å². The van der Waals surface area contributed by atoms with Gasteiger partial charge in [0.25, 0.3) is 20.2 Å². The maximum absolute atomic E-state index is 12.8. The number of unbranched alkanes of at least 4 members (excludes halogenated alkanes) is 2. The third-order valence-electron chi connectivity index (χ3n) is 12.3. The number of nitrogens with zero attached hydrogens (tertiary/aromatic N) is 4. The molecule has 26 nitrogen and oxygen atoms in total. The van der Waals surface area contributed by atoms with Crippen molar-refractivity contribution in [2.75, 3.05) is 36.9 Å². The Morgan fingerprint density at radius 2 is 1.61 bits per heavy atom. The van der Waals surface area contributed by atoms with E-state index in [9.17, 15) is 64.1 Å². The number of allylic oxidation sites excluding steroid dienone is 4. The number of carbonyl (C=O) groups is 1. The number of amides is 1. The molecular formula is C43H56N6O20P3S2+. The van der Waals surface area contributed by atoms with Gasteiger partial charge in [-0.15, -0.1) is 0 Å². The van der Waals surface area contributed by atoms with Crippen LogP contribution < -0.4 is 21.6 Å². The number of hydrogen-bond donors (Lipinski definition) is 9. The third kappa shape index (κ3) is 13.8. The first-order valence-corrected chi connectivity index (χ1v) is 29.9. The molecular weight excluding hydrogens is 1080 g/mol. The van der Waals surface area contributed by atoms with Crippen LogP contribution >= 0.6 is 23.5 Å². The number of anilines is 2. The highest BCUT2D eigenvalue weighted by molar-refractivity contribution is 7.86. The molecule has 0 aliphatic carbocycles. The van der Waals surface area contributed by atoms with Gasteiger partial charge in [-0.2, -0.15) is 35.0 Å². The minimum atomic E-state index is -5.80. The number of fused-ring (bicyclic) bond motifs is 2. The Morgan fingerprint density at radius 1 is 0.959 bits per heavy atom. The summed E-state index contributed by atoms with van der Waals surface area (Å²) in [7, 11) is -25.9. The van der Waals surface area contributed by atoms with Crippen LogP contribution in [0.1, 0.15) is 89.6 Å². The van der Waals surface area contributed by atoms with E-state index >= 15 is 0 Å². The van der Waals surface area contributed by atoms with Crippen molar-refractivity contribution < 1.29 is 91.6 Å². The summed E-state index contributed by atoms with van der Waals surface area (Å²) in [5.74, 6) is 4.84. The molecule has 31 heteroatoms. The number of carbonyl (C=O) groups excluding carboxylic acids is 1. The second-order valence-electron chi connectivity index (χ2n) is 18.2. The number of hydrogen-bond acceptors (Lipinski definition) is 17. The van der Waals surface area contributed by atoms with Gasteiger partial charge in [-0.3, -0.25) is 23.0 Å². The first-order chi connectivity index (χ1) is 34.1. The second kappa shape index (κ2) is 22.1. The first-order valence-electron chi connectivity index (χ1n) is 22.5. The summed E-state index contributed by atoms with van der Waals surface area (Å²) < 4.78 is 123. The molecule has 6 rings (SSSR count). The zero-order valence-electron chi connectivity index (χ0n) is 40.3. The first kappa shape index (κ1) is 58.5. The molecule has 1 saturated heterocycles. The average Bonchev–Trinajstić information content (AvgIpc) is 3.82. The molecule has 404 valence electrons. The summed E-state index contributed by atoms with van der Waals surface area (Å²) in [6.45, 7) is 9.71. The zero-order valence-corrected chi connectivity index (χ0v) is 44.6. The van der Waals surface area contributed by atoms with Gasteiger partial charge in [0, 0.05) is 66.5 Å². The van der Waals surface area contributed by atoms with Gasteiger partial charge in [0.1, 0.15) is 24.7 Å². The van der Waals surface area contributed by atoms with Crippen molar-refractivity contribution in [1.82, 2.24) is 14.9 Å². The molecule has 3 aliphatic heterocycles. The van der Waals surface area contributed by atoms with E-state index < -0.39 is 85.3 Å². The Morgan fingerprint density at radius 3 is 2.24 bits per heavy atom. The molecule has 1 fully saturated rings. The number of rotatable bonds is 20. The molecule has 2 unspecified atom stereocenters. The Kier molecular flexibility index (Phi) is 17.5. The molecule has 0 spiro atoms. The summed E-state index contributed by atoms with van der Waals surface area (Å²) in [5.41, 5.74) is 8.27. The summed E-state index contributed by atoms with van der Waals surface area (Å²) >= 11 is 0. The molecule has 3 aliphatic rings. The largest absolute Gasteiger partial charge is 0.490 e. The Labute approximate surface area is 425 Å². The maximum Gasteiger partial charge on any atom is 0.490 e. The molecule has 2 aromatic carbocycles. The normalized spacial score (nSPS) is 21.5. The van der Waals surface area contributed by atoms with Crippen molar-refractivity contribution in [2.24, 2.45) is 0 Å². The Hall–Kier alpha value is -4.75. The van der Waals surface area contributed by atoms with Gasteiger partial charge in [-0.1, -0.05) is 31.8 Å². The summed E-state index contributed by atoms with van der Waals surface area (Å²) in [4.78, 5) is 67.3. The van der Waals surface area contributed by atoms with E-state index in [4.69, 9.17) is 20.3 Å². The lowest BCUT2D eigenvalue weighted by Crippen LogP contribution is -2.29. The van der Waals surface area contributed by atoms with E-state index in [2.05, 4.69) is 44.8 Å². The van der Waals surface area contributed by atoms with E-state index in [-0.39, 0.29) is 46.5 Å². The van der Waals surface area contributed by atoms with E-state index in [1.807, 2.05) is 52.8 Å². The monoisotopic (exact) mass is 1130 g/mol. The van der Waals surface area contributed by atoms with Gasteiger partial charge in [0.05, 0.1) is 40.0 Å². The topological polar surface area (TPSA) is 394 Å². The van der Waals surface area contributed by atoms with Crippen LogP contribution in [0.4, 0.5) is 17.2 Å². The number of nitrogens with one attached hydrogen (secondary N) is 1. The van der Waals surface area contributed by atoms with E-state index in [1.54, 1.807) is 12.1 Å². The predicted molar refractivity (Wildman–Crippen MR) is 264 cm³/mol. The van der Waals surface area contributed by atoms with Crippen LogP contribution in [0.3, 0.4) is 0 Å². The standard InChI is InChI=1S/C43H55N6O20P3S2/c1-6-47-32-18-16-28(73(60,61)62)22-30(32)42(2,3)36(47)13-10-14-37-43(4,5)31-23-29(74(63,64)65)17-19-33(31)48(37)21-9-7-8-15-38(51)45-20-11-12-27-25-49(41(52)46-40(27)44)39-24-34(50)35(67-39)26-66-71(56,57)69-72(58,59)68-70(53,54)55/h10,13-14,16-19,22-23,25,34-35,39,50H,6-9,15,20-21,24,26H2,1-5H3,(H8-,44,45,46,51,52,53,54,55,56,57,58,59,60,61,62,63,64,65)/p+1/t34-,35+,39+/m0/s1. The number of nitrogen functional groups attached to an aromatic ring is 1. The molecule has 1 aromatic heterocycles. The van der Waals surface area contributed by atoms with Crippen molar-refractivity contribution in [3.63, 3.8) is 0 Å². The summed E-state index contributed by atoms with van der Waals surface area (Å²) in [5, 5.41) is 13.2. The van der Waals surface area contributed by atoms with Crippen molar-refractivity contribution >= 4 is 72.5 Å². The quantitative estimate of drug-likeness (QED) is 0.0256. The van der Waals surface area contributed by atoms with E-state index in [0.717, 1.165) is 32.9 Å². The van der Waals surface area contributed by atoms with Crippen LogP contribution in [0.15, 0.2) is 81.1 Å². The minimum absolute atomic E-state index is 0.0323. The highest BCUT2D eigenvalue weighted by atomic mass is 32.2. The molecule has 74 heavy (non-hydrogen) atoms. The van der Waals surface area contributed by atoms with E-state index in [0.29, 0.717) is 37.9 Å². The summed E-state index contributed by atoms with van der Waals surface area (Å²) in [6.07, 6.45) is 4.35. The number of phosphoric acid groups is 3. The smallest absolute Gasteiger partial charge is 0.390 e. The summed E-state index contributed by atoms with van der Waals surface area (Å²) in [6, 6.07) is 8.95. The molecule has 5 atom stereocenters. The number of benzene rings is 2. The van der Waals surface area contributed by atoms with Crippen molar-refractivity contribution in [2.45, 2.75) is 106 Å². The Bertz CT molecular complexity index is 3330. The molecule has 3 aromatic rings. The van der Waals surface area contributed by atoms with Crippen LogP contribution in [0, 0.1) is 11.8 Å². The fraction of sp³-hybridized carbons (Fsp3) is 0.442. The lowest BCUT2D eigenvalue weighted by molar-refractivity contribution is -0.438. The van der Waals surface area contributed by atoms with Crippen LogP contribution in [-0.2, 0) is 67.4 Å². The molecule has 4 heterocycles. The van der Waals surface area contributed by atoms with Crippen LogP contribution in [0.5, 0.6) is 0 Å². The van der Waals surface area contributed by atoms with Crippen molar-refractivity contribution in [3.8, 4) is 11.8 Å². The van der Waals surface area contributed by atoms with Gasteiger partial charge in [0.15, 0.2) is 5.71 Å². The van der Waals surface area contributed by atoms with Crippen LogP contribution in [0.2, 0.25) is 0 Å².